The van der Waals surface area contributed by atoms with Crippen LogP contribution in [-0.4, -0.2) is 34.9 Å². The number of aryl methyl sites for hydroxylation is 2. The van der Waals surface area contributed by atoms with Crippen LogP contribution in [0.4, 0.5) is 0 Å². The largest absolute Gasteiger partial charge is 0.339 e. The summed E-state index contributed by atoms with van der Waals surface area (Å²) in [5, 5.41) is 7.55. The molecular formula is C10H15N5O3S. The molecule has 0 saturated carbocycles. The lowest BCUT2D eigenvalue weighted by molar-refractivity contribution is 0.373. The zero-order valence-electron chi connectivity index (χ0n) is 10.7. The average molecular weight is 285 g/mol. The Kier molecular flexibility index (Phi) is 3.96. The maximum atomic E-state index is 11.9. The molecule has 0 saturated heterocycles. The second-order valence-electron chi connectivity index (χ2n) is 3.96. The fourth-order valence-corrected chi connectivity index (χ4v) is 2.46. The van der Waals surface area contributed by atoms with Gasteiger partial charge in [0, 0.05) is 32.6 Å². The number of hydrogen-bond donors (Lipinski definition) is 1. The highest BCUT2D eigenvalue weighted by Gasteiger charge is 2.16. The van der Waals surface area contributed by atoms with Gasteiger partial charge in [0.15, 0.2) is 5.82 Å². The Bertz CT molecular complexity index is 646. The molecule has 104 valence electrons. The highest BCUT2D eigenvalue weighted by atomic mass is 32.2. The number of sulfonamides is 1. The van der Waals surface area contributed by atoms with E-state index in [4.69, 9.17) is 4.52 Å². The second-order valence-corrected chi connectivity index (χ2v) is 5.72. The average Bonchev–Trinajstić information content (AvgIpc) is 2.98. The molecule has 2 aromatic rings. The molecule has 2 heterocycles. The maximum absolute atomic E-state index is 11.9. The third-order valence-corrected chi connectivity index (χ3v) is 3.86. The normalized spacial score (nSPS) is 11.9. The number of aromatic nitrogens is 4. The van der Waals surface area contributed by atoms with Crippen LogP contribution in [0.5, 0.6) is 0 Å². The van der Waals surface area contributed by atoms with E-state index < -0.39 is 10.0 Å². The molecule has 19 heavy (non-hydrogen) atoms. The van der Waals surface area contributed by atoms with Gasteiger partial charge in [-0.1, -0.05) is 12.1 Å². The van der Waals surface area contributed by atoms with Crippen molar-refractivity contribution in [1.82, 2.24) is 24.6 Å². The van der Waals surface area contributed by atoms with E-state index in [-0.39, 0.29) is 11.4 Å². The Morgan fingerprint density at radius 3 is 2.84 bits per heavy atom. The summed E-state index contributed by atoms with van der Waals surface area (Å²) in [4.78, 5) is 4.23. The molecule has 0 aliphatic carbocycles. The van der Waals surface area contributed by atoms with E-state index in [1.54, 1.807) is 7.05 Å². The Morgan fingerprint density at radius 1 is 1.47 bits per heavy atom. The summed E-state index contributed by atoms with van der Waals surface area (Å²) >= 11 is 0. The molecule has 0 aromatic carbocycles. The molecule has 1 N–H and O–H groups in total. The van der Waals surface area contributed by atoms with Gasteiger partial charge in [0.05, 0.1) is 6.20 Å². The maximum Gasteiger partial charge on any atom is 0.243 e. The van der Waals surface area contributed by atoms with E-state index in [0.29, 0.717) is 24.6 Å². The third-order valence-electron chi connectivity index (χ3n) is 2.45. The molecule has 2 rings (SSSR count). The Balaban J connectivity index is 1.91. The third kappa shape index (κ3) is 3.38. The molecule has 0 radical (unpaired) electrons. The van der Waals surface area contributed by atoms with Crippen molar-refractivity contribution >= 4 is 10.0 Å². The molecule has 0 aliphatic heterocycles. The summed E-state index contributed by atoms with van der Waals surface area (Å²) in [5.74, 6) is 1.04. The highest BCUT2D eigenvalue weighted by molar-refractivity contribution is 7.89. The van der Waals surface area contributed by atoms with Crippen LogP contribution in [0.25, 0.3) is 0 Å². The minimum absolute atomic E-state index is 0.134. The van der Waals surface area contributed by atoms with Gasteiger partial charge in [0.2, 0.25) is 15.9 Å². The van der Waals surface area contributed by atoms with Crippen molar-refractivity contribution in [3.8, 4) is 0 Å². The van der Waals surface area contributed by atoms with Crippen LogP contribution >= 0.6 is 0 Å². The molecular weight excluding hydrogens is 270 g/mol. The van der Waals surface area contributed by atoms with Crippen LogP contribution in [0.1, 0.15) is 18.6 Å². The molecule has 0 aliphatic rings. The zero-order valence-corrected chi connectivity index (χ0v) is 11.5. The molecule has 2 aromatic heterocycles. The van der Waals surface area contributed by atoms with Crippen molar-refractivity contribution in [1.29, 1.82) is 0 Å². The summed E-state index contributed by atoms with van der Waals surface area (Å²) in [6.45, 7) is 2.11. The van der Waals surface area contributed by atoms with Gasteiger partial charge in [-0.15, -0.1) is 0 Å². The van der Waals surface area contributed by atoms with Gasteiger partial charge in [0.25, 0.3) is 0 Å². The topological polar surface area (TPSA) is 103 Å². The number of nitrogens with one attached hydrogen (secondary N) is 1. The first-order valence-electron chi connectivity index (χ1n) is 5.81. The van der Waals surface area contributed by atoms with Gasteiger partial charge in [-0.3, -0.25) is 4.68 Å². The van der Waals surface area contributed by atoms with Crippen LogP contribution in [0.2, 0.25) is 0 Å². The molecule has 9 heteroatoms. The van der Waals surface area contributed by atoms with E-state index >= 15 is 0 Å². The van der Waals surface area contributed by atoms with Crippen molar-refractivity contribution in [3.05, 3.63) is 24.1 Å². The molecule has 0 amide bonds. The van der Waals surface area contributed by atoms with Gasteiger partial charge < -0.3 is 4.52 Å². The first-order chi connectivity index (χ1) is 9.01. The lowest BCUT2D eigenvalue weighted by atomic mass is 10.4. The summed E-state index contributed by atoms with van der Waals surface area (Å²) in [6.07, 6.45) is 3.77. The summed E-state index contributed by atoms with van der Waals surface area (Å²) in [6, 6.07) is 0. The second kappa shape index (κ2) is 5.49. The summed E-state index contributed by atoms with van der Waals surface area (Å²) in [5.41, 5.74) is 0. The van der Waals surface area contributed by atoms with Crippen LogP contribution in [0.3, 0.4) is 0 Å². The minimum Gasteiger partial charge on any atom is -0.339 e. The Morgan fingerprint density at radius 2 is 2.26 bits per heavy atom. The number of rotatable bonds is 6. The van der Waals surface area contributed by atoms with E-state index in [1.165, 1.54) is 17.1 Å². The van der Waals surface area contributed by atoms with Crippen molar-refractivity contribution in [3.63, 3.8) is 0 Å². The van der Waals surface area contributed by atoms with Crippen molar-refractivity contribution in [2.24, 2.45) is 7.05 Å². The predicted octanol–water partition coefficient (Wildman–Crippen LogP) is -0.114. The lowest BCUT2D eigenvalue weighted by Crippen LogP contribution is -2.25. The molecule has 0 fully saturated rings. The summed E-state index contributed by atoms with van der Waals surface area (Å²) in [7, 11) is -1.88. The summed E-state index contributed by atoms with van der Waals surface area (Å²) < 4.78 is 32.6. The smallest absolute Gasteiger partial charge is 0.243 e. The monoisotopic (exact) mass is 285 g/mol. The molecule has 0 bridgehead atoms. The van der Waals surface area contributed by atoms with E-state index in [9.17, 15) is 8.42 Å². The van der Waals surface area contributed by atoms with E-state index in [0.717, 1.165) is 0 Å². The number of hydrogen-bond acceptors (Lipinski definition) is 6. The fraction of sp³-hybridized carbons (Fsp3) is 0.500. The first kappa shape index (κ1) is 13.7. The minimum atomic E-state index is -3.53. The fourth-order valence-electron chi connectivity index (χ4n) is 1.45. The standard InChI is InChI=1S/C10H15N5O3S/c1-3-9-13-10(18-14-9)4-5-12-19(16,17)8-6-11-15(2)7-8/h6-7,12H,3-5H2,1-2H3. The van der Waals surface area contributed by atoms with Crippen molar-refractivity contribution < 1.29 is 12.9 Å². The molecule has 0 unspecified atom stereocenters. The van der Waals surface area contributed by atoms with Gasteiger partial charge >= 0.3 is 0 Å². The zero-order chi connectivity index (χ0) is 13.9. The lowest BCUT2D eigenvalue weighted by Gasteiger charge is -2.01. The molecule has 0 spiro atoms. The first-order valence-corrected chi connectivity index (χ1v) is 7.29. The molecule has 0 atom stereocenters. The van der Waals surface area contributed by atoms with Gasteiger partial charge in [-0.25, -0.2) is 13.1 Å². The Hall–Kier alpha value is -1.74. The van der Waals surface area contributed by atoms with Gasteiger partial charge in [-0.05, 0) is 0 Å². The van der Waals surface area contributed by atoms with Crippen LogP contribution in [-0.2, 0) is 29.9 Å². The van der Waals surface area contributed by atoms with E-state index in [2.05, 4.69) is 20.0 Å². The predicted molar refractivity (Wildman–Crippen MR) is 65.8 cm³/mol. The van der Waals surface area contributed by atoms with Crippen LogP contribution in [0.15, 0.2) is 21.8 Å². The van der Waals surface area contributed by atoms with Gasteiger partial charge in [0.1, 0.15) is 4.90 Å². The highest BCUT2D eigenvalue weighted by Crippen LogP contribution is 2.06. The Labute approximate surface area is 110 Å². The van der Waals surface area contributed by atoms with Crippen LogP contribution in [0, 0.1) is 0 Å². The van der Waals surface area contributed by atoms with Crippen molar-refractivity contribution in [2.45, 2.75) is 24.7 Å². The van der Waals surface area contributed by atoms with Crippen molar-refractivity contribution in [2.75, 3.05) is 6.54 Å². The molecule has 8 nitrogen and oxygen atoms in total. The van der Waals surface area contributed by atoms with Gasteiger partial charge in [-0.2, -0.15) is 10.1 Å². The van der Waals surface area contributed by atoms with Crippen LogP contribution < -0.4 is 4.72 Å². The quantitative estimate of drug-likeness (QED) is 0.794. The SMILES string of the molecule is CCc1noc(CCNS(=O)(=O)c2cnn(C)c2)n1. The number of nitrogens with zero attached hydrogens (tertiary/aromatic N) is 4. The van der Waals surface area contributed by atoms with E-state index in [1.807, 2.05) is 6.92 Å².